The van der Waals surface area contributed by atoms with Gasteiger partial charge in [-0.1, -0.05) is 34.6 Å². The Morgan fingerprint density at radius 2 is 1.61 bits per heavy atom. The first-order valence-electron chi connectivity index (χ1n) is 9.48. The Morgan fingerprint density at radius 3 is 2.13 bits per heavy atom. The predicted octanol–water partition coefficient (Wildman–Crippen LogP) is 2.98. The lowest BCUT2D eigenvalue weighted by atomic mass is 9.92. The highest BCUT2D eigenvalue weighted by atomic mass is 16.1. The summed E-state index contributed by atoms with van der Waals surface area (Å²) in [6.07, 6.45) is 3.99. The molecule has 0 aromatic rings. The molecule has 1 saturated heterocycles. The van der Waals surface area contributed by atoms with Gasteiger partial charge in [0.15, 0.2) is 0 Å². The van der Waals surface area contributed by atoms with Gasteiger partial charge in [-0.05, 0) is 43.7 Å². The van der Waals surface area contributed by atoms with Crippen molar-refractivity contribution in [2.75, 3.05) is 45.8 Å². The summed E-state index contributed by atoms with van der Waals surface area (Å²) in [5.74, 6) is 0.874. The van der Waals surface area contributed by atoms with Crippen LogP contribution in [0.2, 0.25) is 0 Å². The van der Waals surface area contributed by atoms with E-state index in [1.165, 1.54) is 26.1 Å². The monoisotopic (exact) mass is 325 g/mol. The summed E-state index contributed by atoms with van der Waals surface area (Å²) in [5.41, 5.74) is 0.431. The molecule has 1 amide bonds. The molecule has 0 atom stereocenters. The number of nitrogens with zero attached hydrogens (tertiary/aromatic N) is 2. The van der Waals surface area contributed by atoms with Crippen molar-refractivity contribution in [3.63, 3.8) is 0 Å². The van der Waals surface area contributed by atoms with Crippen molar-refractivity contribution >= 4 is 5.91 Å². The summed E-state index contributed by atoms with van der Waals surface area (Å²) < 4.78 is 0. The van der Waals surface area contributed by atoms with Gasteiger partial charge >= 0.3 is 0 Å². The van der Waals surface area contributed by atoms with Crippen LogP contribution in [0, 0.1) is 11.3 Å². The number of carbonyl (C=O) groups is 1. The van der Waals surface area contributed by atoms with Crippen LogP contribution in [-0.4, -0.2) is 61.5 Å². The molecule has 0 aromatic carbocycles. The fourth-order valence-corrected chi connectivity index (χ4v) is 2.78. The molecule has 0 unspecified atom stereocenters. The van der Waals surface area contributed by atoms with Gasteiger partial charge in [-0.25, -0.2) is 0 Å². The molecule has 0 radical (unpaired) electrons. The summed E-state index contributed by atoms with van der Waals surface area (Å²) in [6.45, 7) is 19.1. The summed E-state index contributed by atoms with van der Waals surface area (Å²) >= 11 is 0. The van der Waals surface area contributed by atoms with Crippen LogP contribution in [0.3, 0.4) is 0 Å². The fourth-order valence-electron chi connectivity index (χ4n) is 2.78. The Bertz CT molecular complexity index is 328. The maximum absolute atomic E-state index is 11.8. The molecule has 0 saturated carbocycles. The molecule has 0 bridgehead atoms. The molecule has 136 valence electrons. The van der Waals surface area contributed by atoms with Gasteiger partial charge in [-0.3, -0.25) is 4.79 Å². The molecular formula is C19H39N3O. The van der Waals surface area contributed by atoms with Gasteiger partial charge in [0.1, 0.15) is 0 Å². The van der Waals surface area contributed by atoms with Gasteiger partial charge in [0.05, 0.1) is 0 Å². The molecule has 1 rings (SSSR count). The predicted molar refractivity (Wildman–Crippen MR) is 98.7 cm³/mol. The lowest BCUT2D eigenvalue weighted by Crippen LogP contribution is -2.47. The van der Waals surface area contributed by atoms with Gasteiger partial charge in [0, 0.05) is 39.1 Å². The second-order valence-corrected chi connectivity index (χ2v) is 8.63. The number of hydrogen-bond donors (Lipinski definition) is 1. The lowest BCUT2D eigenvalue weighted by molar-refractivity contribution is -0.121. The third kappa shape index (κ3) is 10.7. The van der Waals surface area contributed by atoms with Crippen LogP contribution in [0.4, 0.5) is 0 Å². The van der Waals surface area contributed by atoms with E-state index in [4.69, 9.17) is 0 Å². The van der Waals surface area contributed by atoms with Crippen LogP contribution in [0.15, 0.2) is 0 Å². The van der Waals surface area contributed by atoms with Crippen LogP contribution in [0.25, 0.3) is 0 Å². The minimum absolute atomic E-state index is 0.217. The third-order valence-electron chi connectivity index (χ3n) is 4.56. The molecule has 4 heteroatoms. The molecule has 1 fully saturated rings. The maximum atomic E-state index is 11.8. The van der Waals surface area contributed by atoms with Crippen molar-refractivity contribution in [1.82, 2.24) is 15.1 Å². The molecule has 0 aromatic heterocycles. The van der Waals surface area contributed by atoms with Crippen molar-refractivity contribution in [2.45, 2.75) is 60.3 Å². The van der Waals surface area contributed by atoms with Crippen molar-refractivity contribution < 1.29 is 4.79 Å². The van der Waals surface area contributed by atoms with Crippen molar-refractivity contribution in [3.05, 3.63) is 0 Å². The SMILES string of the molecule is CC(C)CCNC(=O)CCCN1CCN(CCC(C)(C)C)CC1. The van der Waals surface area contributed by atoms with Gasteiger partial charge in [-0.2, -0.15) is 0 Å². The second kappa shape index (κ2) is 10.3. The van der Waals surface area contributed by atoms with E-state index in [0.717, 1.165) is 39.0 Å². The number of piperazine rings is 1. The van der Waals surface area contributed by atoms with E-state index in [0.29, 0.717) is 17.8 Å². The Morgan fingerprint density at radius 1 is 1.04 bits per heavy atom. The number of hydrogen-bond acceptors (Lipinski definition) is 3. The van der Waals surface area contributed by atoms with Gasteiger partial charge < -0.3 is 15.1 Å². The van der Waals surface area contributed by atoms with E-state index < -0.39 is 0 Å². The van der Waals surface area contributed by atoms with Gasteiger partial charge in [0.2, 0.25) is 5.91 Å². The Hall–Kier alpha value is -0.610. The first-order valence-corrected chi connectivity index (χ1v) is 9.48. The number of amides is 1. The van der Waals surface area contributed by atoms with Crippen molar-refractivity contribution in [3.8, 4) is 0 Å². The minimum atomic E-state index is 0.217. The summed E-state index contributed by atoms with van der Waals surface area (Å²) in [7, 11) is 0. The first kappa shape index (κ1) is 20.4. The van der Waals surface area contributed by atoms with E-state index in [1.807, 2.05) is 0 Å². The number of rotatable bonds is 9. The Balaban J connectivity index is 2.04. The molecule has 1 N–H and O–H groups in total. The molecule has 0 spiro atoms. The highest BCUT2D eigenvalue weighted by Gasteiger charge is 2.18. The molecule has 1 aliphatic heterocycles. The average Bonchev–Trinajstić information content (AvgIpc) is 2.45. The second-order valence-electron chi connectivity index (χ2n) is 8.63. The highest BCUT2D eigenvalue weighted by molar-refractivity contribution is 5.75. The quantitative estimate of drug-likeness (QED) is 0.708. The molecule has 4 nitrogen and oxygen atoms in total. The molecule has 0 aliphatic carbocycles. The summed E-state index contributed by atoms with van der Waals surface area (Å²) in [6, 6.07) is 0. The average molecular weight is 326 g/mol. The smallest absolute Gasteiger partial charge is 0.220 e. The first-order chi connectivity index (χ1) is 10.8. The molecule has 1 aliphatic rings. The zero-order valence-electron chi connectivity index (χ0n) is 16.2. The minimum Gasteiger partial charge on any atom is -0.356 e. The van der Waals surface area contributed by atoms with Crippen LogP contribution < -0.4 is 5.32 Å². The van der Waals surface area contributed by atoms with Gasteiger partial charge in [0.25, 0.3) is 0 Å². The molecular weight excluding hydrogens is 286 g/mol. The Labute approximate surface area is 144 Å². The fraction of sp³-hybridized carbons (Fsp3) is 0.947. The van der Waals surface area contributed by atoms with E-state index in [-0.39, 0.29) is 5.91 Å². The van der Waals surface area contributed by atoms with Crippen LogP contribution >= 0.6 is 0 Å². The van der Waals surface area contributed by atoms with Crippen LogP contribution in [0.5, 0.6) is 0 Å². The van der Waals surface area contributed by atoms with Crippen molar-refractivity contribution in [2.24, 2.45) is 11.3 Å². The Kier molecular flexibility index (Phi) is 9.15. The maximum Gasteiger partial charge on any atom is 0.220 e. The summed E-state index contributed by atoms with van der Waals surface area (Å²) in [5, 5.41) is 3.02. The zero-order chi connectivity index (χ0) is 17.3. The van der Waals surface area contributed by atoms with Crippen molar-refractivity contribution in [1.29, 1.82) is 0 Å². The number of nitrogens with one attached hydrogen (secondary N) is 1. The molecule has 23 heavy (non-hydrogen) atoms. The molecule has 1 heterocycles. The van der Waals surface area contributed by atoms with E-state index >= 15 is 0 Å². The normalized spacial score (nSPS) is 17.7. The van der Waals surface area contributed by atoms with E-state index in [2.05, 4.69) is 49.7 Å². The van der Waals surface area contributed by atoms with Crippen LogP contribution in [-0.2, 0) is 4.79 Å². The van der Waals surface area contributed by atoms with E-state index in [9.17, 15) is 4.79 Å². The topological polar surface area (TPSA) is 35.6 Å². The summed E-state index contributed by atoms with van der Waals surface area (Å²) in [4.78, 5) is 16.9. The standard InChI is InChI=1S/C19H39N3O/c1-17(2)8-10-20-18(23)7-6-11-21-13-15-22(16-14-21)12-9-19(3,4)5/h17H,6-16H2,1-5H3,(H,20,23). The lowest BCUT2D eigenvalue weighted by Gasteiger charge is -2.35. The van der Waals surface area contributed by atoms with Gasteiger partial charge in [-0.15, -0.1) is 0 Å². The largest absolute Gasteiger partial charge is 0.356 e. The zero-order valence-corrected chi connectivity index (χ0v) is 16.2. The van der Waals surface area contributed by atoms with E-state index in [1.54, 1.807) is 0 Å². The third-order valence-corrected chi connectivity index (χ3v) is 4.56. The number of carbonyl (C=O) groups excluding carboxylic acids is 1. The van der Waals surface area contributed by atoms with Crippen LogP contribution in [0.1, 0.15) is 60.3 Å². The highest BCUT2D eigenvalue weighted by Crippen LogP contribution is 2.19.